The highest BCUT2D eigenvalue weighted by molar-refractivity contribution is 4.90. The van der Waals surface area contributed by atoms with Crippen LogP contribution in [-0.2, 0) is 0 Å². The summed E-state index contributed by atoms with van der Waals surface area (Å²) in [6.07, 6.45) is 2.52. The average Bonchev–Trinajstić information content (AvgIpc) is 1.79. The average molecular weight is 127 g/mol. The van der Waals surface area contributed by atoms with Crippen LogP contribution in [0.5, 0.6) is 0 Å². The van der Waals surface area contributed by atoms with Crippen LogP contribution in [0.25, 0.3) is 0 Å². The summed E-state index contributed by atoms with van der Waals surface area (Å²) in [5.41, 5.74) is 6.31. The Morgan fingerprint density at radius 2 is 2.00 bits per heavy atom. The molecule has 2 unspecified atom stereocenters. The van der Waals surface area contributed by atoms with Crippen molar-refractivity contribution in [3.8, 4) is 0 Å². The molecular weight excluding hydrogens is 110 g/mol. The second kappa shape index (κ2) is 1.98. The first kappa shape index (κ1) is 7.07. The Morgan fingerprint density at radius 3 is 2.11 bits per heavy atom. The van der Waals surface area contributed by atoms with E-state index in [0.29, 0.717) is 11.5 Å². The van der Waals surface area contributed by atoms with Gasteiger partial charge in [-0.05, 0) is 24.2 Å². The predicted molar refractivity (Wildman–Crippen MR) is 40.2 cm³/mol. The van der Waals surface area contributed by atoms with Gasteiger partial charge in [0.1, 0.15) is 0 Å². The first-order valence-corrected chi connectivity index (χ1v) is 3.78. The van der Waals surface area contributed by atoms with E-state index in [1.165, 1.54) is 12.8 Å². The third-order valence-corrected chi connectivity index (χ3v) is 2.53. The lowest BCUT2D eigenvalue weighted by atomic mass is 9.87. The van der Waals surface area contributed by atoms with Gasteiger partial charge in [0.2, 0.25) is 0 Å². The summed E-state index contributed by atoms with van der Waals surface area (Å²) in [6.45, 7) is 6.82. The Hall–Kier alpha value is -0.0400. The lowest BCUT2D eigenvalue weighted by Gasteiger charge is -2.22. The van der Waals surface area contributed by atoms with E-state index in [4.69, 9.17) is 5.73 Å². The molecule has 1 heteroatoms. The fraction of sp³-hybridized carbons (Fsp3) is 1.00. The van der Waals surface area contributed by atoms with E-state index in [-0.39, 0.29) is 0 Å². The van der Waals surface area contributed by atoms with Crippen molar-refractivity contribution in [3.63, 3.8) is 0 Å². The van der Waals surface area contributed by atoms with E-state index < -0.39 is 0 Å². The van der Waals surface area contributed by atoms with Crippen LogP contribution >= 0.6 is 0 Å². The minimum absolute atomic E-state index is 0.402. The van der Waals surface area contributed by atoms with Gasteiger partial charge in [0, 0.05) is 6.04 Å². The fourth-order valence-electron chi connectivity index (χ4n) is 1.89. The van der Waals surface area contributed by atoms with Gasteiger partial charge in [0.25, 0.3) is 0 Å². The Kier molecular flexibility index (Phi) is 1.55. The van der Waals surface area contributed by atoms with Crippen LogP contribution in [0.1, 0.15) is 33.6 Å². The standard InChI is InChI=1S/C8H17N/c1-6-4-7(9)8(2,3)5-6/h6-7H,4-5,9H2,1-3H3. The molecule has 0 amide bonds. The molecule has 2 N–H and O–H groups in total. The van der Waals surface area contributed by atoms with E-state index >= 15 is 0 Å². The molecule has 0 radical (unpaired) electrons. The van der Waals surface area contributed by atoms with Crippen molar-refractivity contribution in [3.05, 3.63) is 0 Å². The molecule has 1 fully saturated rings. The zero-order valence-corrected chi connectivity index (χ0v) is 6.65. The zero-order valence-electron chi connectivity index (χ0n) is 6.65. The van der Waals surface area contributed by atoms with Gasteiger partial charge in [-0.3, -0.25) is 0 Å². The summed E-state index contributed by atoms with van der Waals surface area (Å²) in [5.74, 6) is 0.843. The highest BCUT2D eigenvalue weighted by atomic mass is 14.7. The van der Waals surface area contributed by atoms with E-state index in [1.807, 2.05) is 0 Å². The monoisotopic (exact) mass is 127 g/mol. The Bertz CT molecular complexity index is 107. The summed E-state index contributed by atoms with van der Waals surface area (Å²) < 4.78 is 0. The maximum absolute atomic E-state index is 5.90. The minimum Gasteiger partial charge on any atom is -0.327 e. The highest BCUT2D eigenvalue weighted by Crippen LogP contribution is 2.39. The second-order valence-electron chi connectivity index (χ2n) is 4.14. The van der Waals surface area contributed by atoms with Gasteiger partial charge in [-0.25, -0.2) is 0 Å². The third kappa shape index (κ3) is 1.26. The predicted octanol–water partition coefficient (Wildman–Crippen LogP) is 1.77. The number of hydrogen-bond acceptors (Lipinski definition) is 1. The lowest BCUT2D eigenvalue weighted by Crippen LogP contribution is -2.31. The Labute approximate surface area is 57.6 Å². The molecule has 0 aromatic heterocycles. The van der Waals surface area contributed by atoms with Crippen LogP contribution in [0.2, 0.25) is 0 Å². The van der Waals surface area contributed by atoms with Gasteiger partial charge in [-0.15, -0.1) is 0 Å². The van der Waals surface area contributed by atoms with Crippen molar-refractivity contribution in [1.29, 1.82) is 0 Å². The molecule has 54 valence electrons. The van der Waals surface area contributed by atoms with Crippen LogP contribution in [0.4, 0.5) is 0 Å². The molecule has 1 aliphatic rings. The molecule has 2 atom stereocenters. The van der Waals surface area contributed by atoms with E-state index in [2.05, 4.69) is 20.8 Å². The molecule has 0 spiro atoms. The van der Waals surface area contributed by atoms with Crippen molar-refractivity contribution < 1.29 is 0 Å². The molecule has 0 aromatic carbocycles. The maximum Gasteiger partial charge on any atom is 0.00929 e. The minimum atomic E-state index is 0.402. The zero-order chi connectivity index (χ0) is 7.07. The number of hydrogen-bond donors (Lipinski definition) is 1. The smallest absolute Gasteiger partial charge is 0.00929 e. The normalized spacial score (nSPS) is 41.3. The van der Waals surface area contributed by atoms with Crippen LogP contribution in [-0.4, -0.2) is 6.04 Å². The summed E-state index contributed by atoms with van der Waals surface area (Å²) in [7, 11) is 0. The first-order valence-electron chi connectivity index (χ1n) is 3.78. The third-order valence-electron chi connectivity index (χ3n) is 2.53. The Balaban J connectivity index is 2.58. The summed E-state index contributed by atoms with van der Waals surface area (Å²) in [6, 6.07) is 0.437. The van der Waals surface area contributed by atoms with Gasteiger partial charge in [-0.1, -0.05) is 20.8 Å². The Morgan fingerprint density at radius 1 is 1.44 bits per heavy atom. The fourth-order valence-corrected chi connectivity index (χ4v) is 1.89. The highest BCUT2D eigenvalue weighted by Gasteiger charge is 2.35. The van der Waals surface area contributed by atoms with Crippen LogP contribution in [0.3, 0.4) is 0 Å². The van der Waals surface area contributed by atoms with Crippen molar-refractivity contribution in [2.45, 2.75) is 39.7 Å². The summed E-state index contributed by atoms with van der Waals surface area (Å²) in [4.78, 5) is 0. The van der Waals surface area contributed by atoms with E-state index in [1.54, 1.807) is 0 Å². The van der Waals surface area contributed by atoms with Gasteiger partial charge in [0.05, 0.1) is 0 Å². The van der Waals surface area contributed by atoms with Crippen LogP contribution in [0, 0.1) is 11.3 Å². The molecule has 0 saturated heterocycles. The molecular formula is C8H17N. The summed E-state index contributed by atoms with van der Waals surface area (Å²) >= 11 is 0. The topological polar surface area (TPSA) is 26.0 Å². The largest absolute Gasteiger partial charge is 0.327 e. The summed E-state index contributed by atoms with van der Waals surface area (Å²) in [5, 5.41) is 0. The molecule has 0 bridgehead atoms. The second-order valence-corrected chi connectivity index (χ2v) is 4.14. The molecule has 0 aliphatic heterocycles. The molecule has 9 heavy (non-hydrogen) atoms. The molecule has 1 aliphatic carbocycles. The maximum atomic E-state index is 5.90. The van der Waals surface area contributed by atoms with Gasteiger partial charge < -0.3 is 5.73 Å². The SMILES string of the molecule is CC1CC(N)C(C)(C)C1. The van der Waals surface area contributed by atoms with Crippen molar-refractivity contribution >= 4 is 0 Å². The number of nitrogens with two attached hydrogens (primary N) is 1. The van der Waals surface area contributed by atoms with Gasteiger partial charge in [-0.2, -0.15) is 0 Å². The first-order chi connectivity index (χ1) is 4.02. The van der Waals surface area contributed by atoms with Gasteiger partial charge >= 0.3 is 0 Å². The van der Waals surface area contributed by atoms with E-state index in [0.717, 1.165) is 5.92 Å². The molecule has 1 nitrogen and oxygen atoms in total. The van der Waals surface area contributed by atoms with Crippen molar-refractivity contribution in [2.75, 3.05) is 0 Å². The van der Waals surface area contributed by atoms with Crippen molar-refractivity contribution in [2.24, 2.45) is 17.1 Å². The molecule has 0 heterocycles. The molecule has 0 aromatic rings. The van der Waals surface area contributed by atoms with Crippen LogP contribution in [0.15, 0.2) is 0 Å². The van der Waals surface area contributed by atoms with E-state index in [9.17, 15) is 0 Å². The van der Waals surface area contributed by atoms with Crippen molar-refractivity contribution in [1.82, 2.24) is 0 Å². The molecule has 1 rings (SSSR count). The quantitative estimate of drug-likeness (QED) is 0.527. The molecule has 1 saturated carbocycles. The van der Waals surface area contributed by atoms with Crippen LogP contribution < -0.4 is 5.73 Å². The lowest BCUT2D eigenvalue weighted by molar-refractivity contribution is 0.326. The van der Waals surface area contributed by atoms with Gasteiger partial charge in [0.15, 0.2) is 0 Å². The number of rotatable bonds is 0.